The summed E-state index contributed by atoms with van der Waals surface area (Å²) in [6.45, 7) is 3.59. The maximum absolute atomic E-state index is 10.1. The highest BCUT2D eigenvalue weighted by molar-refractivity contribution is 5.15. The molecule has 1 aliphatic rings. The maximum atomic E-state index is 10.1. The fourth-order valence-corrected chi connectivity index (χ4v) is 5.46. The molecule has 4 atom stereocenters. The van der Waals surface area contributed by atoms with Gasteiger partial charge in [0.25, 0.3) is 0 Å². The summed E-state index contributed by atoms with van der Waals surface area (Å²) in [5, 5.41) is 13.8. The molecule has 0 radical (unpaired) electrons. The summed E-state index contributed by atoms with van der Waals surface area (Å²) >= 11 is 0. The fraction of sp³-hybridized carbons (Fsp3) is 0.636. The molecule has 1 saturated heterocycles. The van der Waals surface area contributed by atoms with E-state index in [4.69, 9.17) is 9.47 Å². The van der Waals surface area contributed by atoms with Crippen LogP contribution in [-0.2, 0) is 22.6 Å². The molecule has 2 aromatic carbocycles. The lowest BCUT2D eigenvalue weighted by Crippen LogP contribution is -2.47. The first-order chi connectivity index (χ1) is 18.3. The zero-order chi connectivity index (χ0) is 26.0. The lowest BCUT2D eigenvalue weighted by atomic mass is 9.99. The van der Waals surface area contributed by atoms with Crippen LogP contribution in [0.1, 0.15) is 102 Å². The van der Waals surface area contributed by atoms with Gasteiger partial charge >= 0.3 is 0 Å². The van der Waals surface area contributed by atoms with E-state index in [9.17, 15) is 5.11 Å². The first-order valence-corrected chi connectivity index (χ1v) is 15.0. The van der Waals surface area contributed by atoms with Gasteiger partial charge in [-0.05, 0) is 17.5 Å². The lowest BCUT2D eigenvalue weighted by molar-refractivity contribution is -0.0414. The molecule has 3 rings (SSSR count). The number of ether oxygens (including phenoxy) is 2. The Bertz CT molecular complexity index is 800. The van der Waals surface area contributed by atoms with E-state index in [1.54, 1.807) is 0 Å². The molecule has 0 unspecified atom stereocenters. The Morgan fingerprint density at radius 3 is 1.81 bits per heavy atom. The van der Waals surface area contributed by atoms with E-state index < -0.39 is 0 Å². The Hall–Kier alpha value is -1.72. The molecular weight excluding hydrogens is 458 g/mol. The van der Waals surface area contributed by atoms with Crippen LogP contribution >= 0.6 is 0 Å². The number of aliphatic hydroxyl groups excluding tert-OH is 1. The number of benzene rings is 2. The minimum atomic E-state index is -0.244. The van der Waals surface area contributed by atoms with Gasteiger partial charge in [-0.3, -0.25) is 0 Å². The average Bonchev–Trinajstić information content (AvgIpc) is 3.28. The van der Waals surface area contributed by atoms with Gasteiger partial charge in [0, 0.05) is 6.54 Å². The highest BCUT2D eigenvalue weighted by Crippen LogP contribution is 2.29. The molecule has 0 amide bonds. The van der Waals surface area contributed by atoms with E-state index in [0.29, 0.717) is 6.61 Å². The van der Waals surface area contributed by atoms with Crippen molar-refractivity contribution in [1.29, 1.82) is 0 Å². The third-order valence-corrected chi connectivity index (χ3v) is 7.66. The Morgan fingerprint density at radius 1 is 0.703 bits per heavy atom. The summed E-state index contributed by atoms with van der Waals surface area (Å²) < 4.78 is 12.9. The van der Waals surface area contributed by atoms with Crippen LogP contribution < -0.4 is 5.32 Å². The monoisotopic (exact) mass is 509 g/mol. The number of hydrogen-bond acceptors (Lipinski definition) is 4. The minimum absolute atomic E-state index is 0.00655. The van der Waals surface area contributed by atoms with Crippen molar-refractivity contribution >= 4 is 0 Å². The third kappa shape index (κ3) is 11.3. The van der Waals surface area contributed by atoms with Crippen LogP contribution in [0.15, 0.2) is 60.7 Å². The summed E-state index contributed by atoms with van der Waals surface area (Å²) in [7, 11) is 0. The van der Waals surface area contributed by atoms with Crippen molar-refractivity contribution < 1.29 is 14.6 Å². The number of aliphatic hydroxyl groups is 1. The maximum Gasteiger partial charge on any atom is 0.102 e. The van der Waals surface area contributed by atoms with Crippen LogP contribution in [0.5, 0.6) is 0 Å². The van der Waals surface area contributed by atoms with E-state index in [-0.39, 0.29) is 31.0 Å². The van der Waals surface area contributed by atoms with Crippen LogP contribution in [0.2, 0.25) is 0 Å². The molecule has 0 aliphatic carbocycles. The van der Waals surface area contributed by atoms with Gasteiger partial charge in [-0.2, -0.15) is 0 Å². The van der Waals surface area contributed by atoms with Gasteiger partial charge in [-0.25, -0.2) is 0 Å². The molecule has 4 nitrogen and oxygen atoms in total. The van der Waals surface area contributed by atoms with Crippen LogP contribution in [0.3, 0.4) is 0 Å². The number of unbranched alkanes of at least 4 members (excludes halogenated alkanes) is 11. The quantitative estimate of drug-likeness (QED) is 0.181. The van der Waals surface area contributed by atoms with Crippen LogP contribution in [0, 0.1) is 0 Å². The summed E-state index contributed by atoms with van der Waals surface area (Å²) in [5.74, 6) is 0. The Kier molecular flexibility index (Phi) is 14.9. The zero-order valence-corrected chi connectivity index (χ0v) is 23.2. The smallest absolute Gasteiger partial charge is 0.102 e. The summed E-state index contributed by atoms with van der Waals surface area (Å²) in [6.07, 6.45) is 16.8. The Labute approximate surface area is 226 Å². The van der Waals surface area contributed by atoms with Gasteiger partial charge in [-0.1, -0.05) is 145 Å². The molecule has 206 valence electrons. The van der Waals surface area contributed by atoms with Crippen molar-refractivity contribution in [1.82, 2.24) is 5.32 Å². The SMILES string of the molecule is CCCCCCCCCCCCCC[C@@H]1O[C@H](CO)[C@@H](NCc2ccccc2)[C@H]1OCc1ccccc1. The summed E-state index contributed by atoms with van der Waals surface area (Å²) in [6, 6.07) is 20.7. The zero-order valence-electron chi connectivity index (χ0n) is 23.2. The second kappa shape index (κ2) is 18.5. The normalized spacial score (nSPS) is 21.5. The van der Waals surface area contributed by atoms with Crippen molar-refractivity contribution in [2.75, 3.05) is 6.61 Å². The molecule has 1 heterocycles. The van der Waals surface area contributed by atoms with Gasteiger partial charge in [0.2, 0.25) is 0 Å². The highest BCUT2D eigenvalue weighted by atomic mass is 16.6. The van der Waals surface area contributed by atoms with Crippen molar-refractivity contribution in [3.63, 3.8) is 0 Å². The molecule has 0 bridgehead atoms. The number of hydrogen-bond donors (Lipinski definition) is 2. The van der Waals surface area contributed by atoms with Gasteiger partial charge in [0.15, 0.2) is 0 Å². The minimum Gasteiger partial charge on any atom is -0.394 e. The molecule has 0 spiro atoms. The highest BCUT2D eigenvalue weighted by Gasteiger charge is 2.44. The molecular formula is C33H51NO3. The predicted molar refractivity (Wildman–Crippen MR) is 154 cm³/mol. The largest absolute Gasteiger partial charge is 0.394 e. The van der Waals surface area contributed by atoms with E-state index >= 15 is 0 Å². The second-order valence-electron chi connectivity index (χ2n) is 10.7. The van der Waals surface area contributed by atoms with Gasteiger partial charge < -0.3 is 19.9 Å². The first kappa shape index (κ1) is 29.8. The fourth-order valence-electron chi connectivity index (χ4n) is 5.46. The van der Waals surface area contributed by atoms with Gasteiger partial charge in [0.1, 0.15) is 6.10 Å². The summed E-state index contributed by atoms with van der Waals surface area (Å²) in [5.41, 5.74) is 2.39. The van der Waals surface area contributed by atoms with E-state index in [1.807, 2.05) is 12.1 Å². The Morgan fingerprint density at radius 2 is 1.24 bits per heavy atom. The topological polar surface area (TPSA) is 50.7 Å². The standard InChI is InChI=1S/C33H51NO3/c1-2-3-4-5-6-7-8-9-10-11-12-19-24-30-33(36-27-29-22-17-14-18-23-29)32(31(26-35)37-30)34-25-28-20-15-13-16-21-28/h13-18,20-23,30-35H,2-12,19,24-27H2,1H3/t30-,31+,32+,33-/m0/s1. The van der Waals surface area contributed by atoms with Crippen LogP contribution in [0.4, 0.5) is 0 Å². The molecule has 1 aliphatic heterocycles. The van der Waals surface area contributed by atoms with E-state index in [2.05, 4.69) is 60.8 Å². The predicted octanol–water partition coefficient (Wildman–Crippen LogP) is 7.58. The van der Waals surface area contributed by atoms with Gasteiger partial charge in [-0.15, -0.1) is 0 Å². The van der Waals surface area contributed by atoms with Crippen molar-refractivity contribution in [3.05, 3.63) is 71.8 Å². The van der Waals surface area contributed by atoms with E-state index in [0.717, 1.165) is 19.4 Å². The van der Waals surface area contributed by atoms with Crippen molar-refractivity contribution in [2.24, 2.45) is 0 Å². The molecule has 2 aromatic rings. The summed E-state index contributed by atoms with van der Waals surface area (Å²) in [4.78, 5) is 0. The number of rotatable bonds is 20. The Balaban J connectivity index is 1.42. The molecule has 37 heavy (non-hydrogen) atoms. The average molecular weight is 510 g/mol. The number of nitrogens with one attached hydrogen (secondary N) is 1. The van der Waals surface area contributed by atoms with Crippen molar-refractivity contribution in [2.45, 2.75) is 128 Å². The first-order valence-electron chi connectivity index (χ1n) is 15.0. The molecule has 0 saturated carbocycles. The lowest BCUT2D eigenvalue weighted by Gasteiger charge is -2.25. The molecule has 2 N–H and O–H groups in total. The van der Waals surface area contributed by atoms with Crippen molar-refractivity contribution in [3.8, 4) is 0 Å². The van der Waals surface area contributed by atoms with Gasteiger partial charge in [0.05, 0.1) is 31.5 Å². The second-order valence-corrected chi connectivity index (χ2v) is 10.7. The van der Waals surface area contributed by atoms with E-state index in [1.165, 1.54) is 81.8 Å². The third-order valence-electron chi connectivity index (χ3n) is 7.66. The molecule has 4 heteroatoms. The molecule has 1 fully saturated rings. The van der Waals surface area contributed by atoms with Crippen LogP contribution in [-0.4, -0.2) is 36.1 Å². The van der Waals surface area contributed by atoms with Crippen LogP contribution in [0.25, 0.3) is 0 Å². The molecule has 0 aromatic heterocycles.